The Balaban J connectivity index is 1.64. The van der Waals surface area contributed by atoms with Crippen LogP contribution in [0.1, 0.15) is 46.1 Å². The zero-order chi connectivity index (χ0) is 17.8. The van der Waals surface area contributed by atoms with Crippen molar-refractivity contribution < 1.29 is 4.79 Å². The van der Waals surface area contributed by atoms with Crippen molar-refractivity contribution in [2.24, 2.45) is 0 Å². The number of amides is 1. The van der Waals surface area contributed by atoms with Crippen LogP contribution in [0.15, 0.2) is 24.9 Å². The van der Waals surface area contributed by atoms with Gasteiger partial charge < -0.3 is 5.32 Å². The summed E-state index contributed by atoms with van der Waals surface area (Å²) in [6.07, 6.45) is 8.14. The van der Waals surface area contributed by atoms with E-state index < -0.39 is 0 Å². The lowest BCUT2D eigenvalue weighted by molar-refractivity contribution is -0.121. The highest BCUT2D eigenvalue weighted by Crippen LogP contribution is 2.23. The first-order chi connectivity index (χ1) is 12.1. The van der Waals surface area contributed by atoms with Gasteiger partial charge in [-0.15, -0.1) is 0 Å². The van der Waals surface area contributed by atoms with E-state index in [1.54, 1.807) is 18.9 Å². The molecule has 1 aliphatic rings. The Morgan fingerprint density at radius 1 is 1.40 bits per heavy atom. The molecule has 0 spiro atoms. The number of aromatic nitrogens is 5. The van der Waals surface area contributed by atoms with E-state index in [0.717, 1.165) is 38.2 Å². The van der Waals surface area contributed by atoms with Crippen LogP contribution in [0.5, 0.6) is 0 Å². The molecule has 8 nitrogen and oxygen atoms in total. The standard InChI is InChI=1S/C17H27N7O/c1-4-13(2)24-16(7-8-19-24)21-17(25)14(3)23-9-5-6-15(23)10-22-12-18-11-20-22/h7-8,11-15H,4-6,9-10H2,1-3H3,(H,21,25)/t13-,14+,15-/m0/s1. The molecule has 1 fully saturated rings. The van der Waals surface area contributed by atoms with Crippen molar-refractivity contribution in [1.82, 2.24) is 29.4 Å². The maximum absolute atomic E-state index is 12.8. The van der Waals surface area contributed by atoms with Crippen molar-refractivity contribution in [2.45, 2.75) is 64.7 Å². The summed E-state index contributed by atoms with van der Waals surface area (Å²) < 4.78 is 3.72. The molecule has 1 aliphatic heterocycles. The molecule has 0 aliphatic carbocycles. The number of carbonyl (C=O) groups is 1. The number of hydrogen-bond acceptors (Lipinski definition) is 5. The molecule has 8 heteroatoms. The Morgan fingerprint density at radius 2 is 2.24 bits per heavy atom. The Labute approximate surface area is 148 Å². The quantitative estimate of drug-likeness (QED) is 0.829. The predicted molar refractivity (Wildman–Crippen MR) is 95.1 cm³/mol. The van der Waals surface area contributed by atoms with Crippen LogP contribution >= 0.6 is 0 Å². The number of nitrogens with zero attached hydrogens (tertiary/aromatic N) is 6. The smallest absolute Gasteiger partial charge is 0.242 e. The highest BCUT2D eigenvalue weighted by molar-refractivity contribution is 5.93. The maximum atomic E-state index is 12.8. The molecule has 0 saturated carbocycles. The molecule has 1 amide bonds. The Kier molecular flexibility index (Phi) is 5.47. The number of nitrogens with one attached hydrogen (secondary N) is 1. The van der Waals surface area contributed by atoms with Gasteiger partial charge in [0.05, 0.1) is 24.8 Å². The number of anilines is 1. The molecule has 25 heavy (non-hydrogen) atoms. The minimum atomic E-state index is -0.198. The van der Waals surface area contributed by atoms with Crippen LogP contribution in [0.25, 0.3) is 0 Å². The second-order valence-electron chi connectivity index (χ2n) is 6.73. The van der Waals surface area contributed by atoms with E-state index >= 15 is 0 Å². The van der Waals surface area contributed by atoms with Crippen molar-refractivity contribution >= 4 is 11.7 Å². The molecule has 3 heterocycles. The van der Waals surface area contributed by atoms with Crippen LogP contribution < -0.4 is 5.32 Å². The molecule has 0 unspecified atom stereocenters. The van der Waals surface area contributed by atoms with Crippen LogP contribution in [-0.4, -0.2) is 54.0 Å². The summed E-state index contributed by atoms with van der Waals surface area (Å²) in [5.74, 6) is 0.772. The zero-order valence-electron chi connectivity index (χ0n) is 15.2. The van der Waals surface area contributed by atoms with E-state index in [1.165, 1.54) is 0 Å². The third-order valence-corrected chi connectivity index (χ3v) is 5.09. The minimum Gasteiger partial charge on any atom is -0.310 e. The van der Waals surface area contributed by atoms with Gasteiger partial charge in [0, 0.05) is 12.1 Å². The van der Waals surface area contributed by atoms with Gasteiger partial charge in [0.15, 0.2) is 0 Å². The van der Waals surface area contributed by atoms with Crippen LogP contribution in [0.4, 0.5) is 5.82 Å². The van der Waals surface area contributed by atoms with Gasteiger partial charge in [-0.05, 0) is 39.7 Å². The average molecular weight is 345 g/mol. The highest BCUT2D eigenvalue weighted by atomic mass is 16.2. The van der Waals surface area contributed by atoms with E-state index in [1.807, 2.05) is 22.4 Å². The lowest BCUT2D eigenvalue weighted by Gasteiger charge is -2.29. The summed E-state index contributed by atoms with van der Waals surface area (Å²) in [6.45, 7) is 7.88. The largest absolute Gasteiger partial charge is 0.310 e. The van der Waals surface area contributed by atoms with Crippen LogP contribution in [0.2, 0.25) is 0 Å². The van der Waals surface area contributed by atoms with Crippen LogP contribution in [0, 0.1) is 0 Å². The van der Waals surface area contributed by atoms with Crippen molar-refractivity contribution in [3.8, 4) is 0 Å². The van der Waals surface area contributed by atoms with Crippen molar-refractivity contribution in [3.63, 3.8) is 0 Å². The normalized spacial score (nSPS) is 20.5. The molecule has 3 rings (SSSR count). The third-order valence-electron chi connectivity index (χ3n) is 5.09. The summed E-state index contributed by atoms with van der Waals surface area (Å²) in [6, 6.07) is 2.22. The Bertz CT molecular complexity index is 681. The fourth-order valence-electron chi connectivity index (χ4n) is 3.43. The van der Waals surface area contributed by atoms with E-state index in [4.69, 9.17) is 0 Å². The molecular weight excluding hydrogens is 318 g/mol. The summed E-state index contributed by atoms with van der Waals surface area (Å²) in [5, 5.41) is 11.6. The molecule has 2 aromatic heterocycles. The summed E-state index contributed by atoms with van der Waals surface area (Å²) in [5.41, 5.74) is 0. The molecule has 136 valence electrons. The van der Waals surface area contributed by atoms with Crippen molar-refractivity contribution in [2.75, 3.05) is 11.9 Å². The van der Waals surface area contributed by atoms with Crippen LogP contribution in [-0.2, 0) is 11.3 Å². The number of carbonyl (C=O) groups excluding carboxylic acids is 1. The predicted octanol–water partition coefficient (Wildman–Crippen LogP) is 1.94. The highest BCUT2D eigenvalue weighted by Gasteiger charge is 2.32. The van der Waals surface area contributed by atoms with Gasteiger partial charge in [0.1, 0.15) is 18.5 Å². The van der Waals surface area contributed by atoms with Gasteiger partial charge in [0.2, 0.25) is 5.91 Å². The van der Waals surface area contributed by atoms with Gasteiger partial charge in [0.25, 0.3) is 0 Å². The SMILES string of the molecule is CC[C@H](C)n1nccc1NC(=O)[C@@H](C)N1CCC[C@H]1Cn1cncn1. The minimum absolute atomic E-state index is 0.00976. The molecular formula is C17H27N7O. The first kappa shape index (κ1) is 17.6. The molecule has 0 radical (unpaired) electrons. The fraction of sp³-hybridized carbons (Fsp3) is 0.647. The van der Waals surface area contributed by atoms with Crippen LogP contribution in [0.3, 0.4) is 0 Å². The number of rotatable bonds is 7. The Morgan fingerprint density at radius 3 is 2.96 bits per heavy atom. The average Bonchev–Trinajstić information content (AvgIpc) is 3.35. The van der Waals surface area contributed by atoms with Crippen molar-refractivity contribution in [3.05, 3.63) is 24.9 Å². The number of hydrogen-bond donors (Lipinski definition) is 1. The molecule has 1 saturated heterocycles. The first-order valence-corrected chi connectivity index (χ1v) is 9.02. The summed E-state index contributed by atoms with van der Waals surface area (Å²) >= 11 is 0. The van der Waals surface area contributed by atoms with E-state index in [2.05, 4.69) is 39.2 Å². The lowest BCUT2D eigenvalue weighted by atomic mass is 10.2. The van der Waals surface area contributed by atoms with E-state index in [9.17, 15) is 4.79 Å². The second kappa shape index (κ2) is 7.77. The Hall–Kier alpha value is -2.22. The van der Waals surface area contributed by atoms with Gasteiger partial charge in [-0.3, -0.25) is 14.4 Å². The zero-order valence-corrected chi connectivity index (χ0v) is 15.2. The first-order valence-electron chi connectivity index (χ1n) is 9.02. The van der Waals surface area contributed by atoms with E-state index in [-0.39, 0.29) is 18.0 Å². The van der Waals surface area contributed by atoms with Gasteiger partial charge in [-0.1, -0.05) is 6.92 Å². The van der Waals surface area contributed by atoms with Gasteiger partial charge >= 0.3 is 0 Å². The lowest BCUT2D eigenvalue weighted by Crippen LogP contribution is -2.46. The molecule has 1 N–H and O–H groups in total. The summed E-state index contributed by atoms with van der Waals surface area (Å²) in [4.78, 5) is 19.0. The van der Waals surface area contributed by atoms with E-state index in [0.29, 0.717) is 6.04 Å². The molecule has 2 aromatic rings. The van der Waals surface area contributed by atoms with Gasteiger partial charge in [-0.2, -0.15) is 10.2 Å². The maximum Gasteiger partial charge on any atom is 0.242 e. The molecule has 3 atom stereocenters. The topological polar surface area (TPSA) is 80.9 Å². The fourth-order valence-corrected chi connectivity index (χ4v) is 3.43. The molecule has 0 aromatic carbocycles. The summed E-state index contributed by atoms with van der Waals surface area (Å²) in [7, 11) is 0. The van der Waals surface area contributed by atoms with Crippen molar-refractivity contribution in [1.29, 1.82) is 0 Å². The molecule has 0 bridgehead atoms. The monoisotopic (exact) mass is 345 g/mol. The van der Waals surface area contributed by atoms with Gasteiger partial charge in [-0.25, -0.2) is 9.67 Å². The second-order valence-corrected chi connectivity index (χ2v) is 6.73. The number of likely N-dealkylation sites (tertiary alicyclic amines) is 1. The third kappa shape index (κ3) is 3.89.